The summed E-state index contributed by atoms with van der Waals surface area (Å²) in [5, 5.41) is 3.57. The van der Waals surface area contributed by atoms with Gasteiger partial charge < -0.3 is 14.8 Å². The van der Waals surface area contributed by atoms with Crippen LogP contribution in [0.15, 0.2) is 0 Å². The lowest BCUT2D eigenvalue weighted by molar-refractivity contribution is -0.152. The van der Waals surface area contributed by atoms with Crippen LogP contribution in [-0.2, 0) is 9.47 Å². The van der Waals surface area contributed by atoms with E-state index in [1.165, 1.54) is 19.3 Å². The highest BCUT2D eigenvalue weighted by atomic mass is 16.5. The van der Waals surface area contributed by atoms with Gasteiger partial charge in [0.1, 0.15) is 0 Å². The molecule has 2 heterocycles. The lowest BCUT2D eigenvalue weighted by atomic mass is 9.75. The Bertz CT molecular complexity index is 269. The van der Waals surface area contributed by atoms with Gasteiger partial charge >= 0.3 is 0 Å². The number of nitrogens with one attached hydrogen (secondary N) is 1. The monoisotopic (exact) mass is 283 g/mol. The van der Waals surface area contributed by atoms with Crippen molar-refractivity contribution in [3.63, 3.8) is 0 Å². The highest BCUT2D eigenvalue weighted by Crippen LogP contribution is 2.40. The van der Waals surface area contributed by atoms with Crippen molar-refractivity contribution in [3.05, 3.63) is 0 Å². The third kappa shape index (κ3) is 4.71. The SMILES string of the molecule is CC(C)CNCCC(C)C1CCOC2(CCOCC2)C1. The van der Waals surface area contributed by atoms with E-state index in [4.69, 9.17) is 9.47 Å². The van der Waals surface area contributed by atoms with Crippen molar-refractivity contribution in [3.8, 4) is 0 Å². The third-order valence-electron chi connectivity index (χ3n) is 5.07. The van der Waals surface area contributed by atoms with E-state index >= 15 is 0 Å². The summed E-state index contributed by atoms with van der Waals surface area (Å²) in [6, 6.07) is 0. The Labute approximate surface area is 124 Å². The van der Waals surface area contributed by atoms with Crippen LogP contribution in [0.3, 0.4) is 0 Å². The molecular formula is C17H33NO2. The predicted molar refractivity (Wildman–Crippen MR) is 82.9 cm³/mol. The minimum atomic E-state index is 0.154. The van der Waals surface area contributed by atoms with Crippen LogP contribution in [0.25, 0.3) is 0 Å². The molecule has 3 heteroatoms. The molecule has 2 aliphatic heterocycles. The Morgan fingerprint density at radius 2 is 1.90 bits per heavy atom. The van der Waals surface area contributed by atoms with Gasteiger partial charge in [-0.2, -0.15) is 0 Å². The van der Waals surface area contributed by atoms with E-state index in [0.29, 0.717) is 0 Å². The maximum absolute atomic E-state index is 6.15. The maximum atomic E-state index is 6.15. The summed E-state index contributed by atoms with van der Waals surface area (Å²) in [7, 11) is 0. The van der Waals surface area contributed by atoms with E-state index in [2.05, 4.69) is 26.1 Å². The van der Waals surface area contributed by atoms with E-state index < -0.39 is 0 Å². The Morgan fingerprint density at radius 3 is 2.60 bits per heavy atom. The first-order valence-corrected chi connectivity index (χ1v) is 8.54. The van der Waals surface area contributed by atoms with E-state index in [1.54, 1.807) is 0 Å². The molecule has 2 aliphatic rings. The van der Waals surface area contributed by atoms with Crippen LogP contribution in [0, 0.1) is 17.8 Å². The molecule has 0 bridgehead atoms. The molecule has 1 spiro atoms. The summed E-state index contributed by atoms with van der Waals surface area (Å²) in [6.07, 6.45) is 5.99. The molecule has 2 fully saturated rings. The smallest absolute Gasteiger partial charge is 0.0729 e. The molecule has 0 aliphatic carbocycles. The van der Waals surface area contributed by atoms with Gasteiger partial charge in [0.05, 0.1) is 5.60 Å². The number of rotatable bonds is 6. The van der Waals surface area contributed by atoms with Crippen molar-refractivity contribution in [2.75, 3.05) is 32.9 Å². The standard InChI is InChI=1S/C17H33NO2/c1-14(2)13-18-8-4-15(3)16-5-9-20-17(12-16)6-10-19-11-7-17/h14-16,18H,4-13H2,1-3H3. The molecule has 0 aromatic heterocycles. The zero-order valence-electron chi connectivity index (χ0n) is 13.6. The highest BCUT2D eigenvalue weighted by Gasteiger charge is 2.40. The zero-order valence-corrected chi connectivity index (χ0v) is 13.6. The molecule has 2 unspecified atom stereocenters. The van der Waals surface area contributed by atoms with Crippen molar-refractivity contribution in [2.24, 2.45) is 17.8 Å². The first-order chi connectivity index (χ1) is 9.61. The van der Waals surface area contributed by atoms with Crippen LogP contribution in [0.4, 0.5) is 0 Å². The second kappa shape index (κ2) is 7.77. The van der Waals surface area contributed by atoms with Crippen LogP contribution < -0.4 is 5.32 Å². The third-order valence-corrected chi connectivity index (χ3v) is 5.07. The number of ether oxygens (including phenoxy) is 2. The fourth-order valence-corrected chi connectivity index (χ4v) is 3.60. The molecule has 20 heavy (non-hydrogen) atoms. The van der Waals surface area contributed by atoms with Crippen molar-refractivity contribution >= 4 is 0 Å². The van der Waals surface area contributed by atoms with Gasteiger partial charge in [-0.15, -0.1) is 0 Å². The lowest BCUT2D eigenvalue weighted by Crippen LogP contribution is -2.45. The predicted octanol–water partition coefficient (Wildman–Crippen LogP) is 3.23. The Morgan fingerprint density at radius 1 is 1.15 bits per heavy atom. The van der Waals surface area contributed by atoms with Gasteiger partial charge in [0, 0.05) is 19.8 Å². The second-order valence-corrected chi connectivity index (χ2v) is 7.26. The Hall–Kier alpha value is -0.120. The van der Waals surface area contributed by atoms with E-state index in [0.717, 1.165) is 63.5 Å². The fraction of sp³-hybridized carbons (Fsp3) is 1.00. The van der Waals surface area contributed by atoms with E-state index in [-0.39, 0.29) is 5.60 Å². The minimum absolute atomic E-state index is 0.154. The molecule has 1 N–H and O–H groups in total. The van der Waals surface area contributed by atoms with Crippen LogP contribution in [0.2, 0.25) is 0 Å². The summed E-state index contributed by atoms with van der Waals surface area (Å²) < 4.78 is 11.7. The van der Waals surface area contributed by atoms with Gasteiger partial charge in [0.15, 0.2) is 0 Å². The molecule has 2 rings (SSSR count). The molecule has 3 nitrogen and oxygen atoms in total. The van der Waals surface area contributed by atoms with Gasteiger partial charge in [-0.3, -0.25) is 0 Å². The molecule has 0 saturated carbocycles. The molecule has 0 amide bonds. The summed E-state index contributed by atoms with van der Waals surface area (Å²) in [4.78, 5) is 0. The van der Waals surface area contributed by atoms with Gasteiger partial charge in [-0.25, -0.2) is 0 Å². The fourth-order valence-electron chi connectivity index (χ4n) is 3.60. The Kier molecular flexibility index (Phi) is 6.31. The molecular weight excluding hydrogens is 250 g/mol. The first kappa shape index (κ1) is 16.3. The van der Waals surface area contributed by atoms with Gasteiger partial charge in [0.25, 0.3) is 0 Å². The zero-order chi connectivity index (χ0) is 14.4. The summed E-state index contributed by atoms with van der Waals surface area (Å²) in [6.45, 7) is 12.0. The minimum Gasteiger partial charge on any atom is -0.381 e. The van der Waals surface area contributed by atoms with Crippen LogP contribution in [0.5, 0.6) is 0 Å². The van der Waals surface area contributed by atoms with E-state index in [9.17, 15) is 0 Å². The van der Waals surface area contributed by atoms with Gasteiger partial charge in [0.2, 0.25) is 0 Å². The lowest BCUT2D eigenvalue weighted by Gasteiger charge is -2.45. The van der Waals surface area contributed by atoms with Crippen LogP contribution >= 0.6 is 0 Å². The van der Waals surface area contributed by atoms with Crippen LogP contribution in [0.1, 0.15) is 52.9 Å². The average Bonchev–Trinajstić information content (AvgIpc) is 2.44. The topological polar surface area (TPSA) is 30.5 Å². The van der Waals surface area contributed by atoms with E-state index in [1.807, 2.05) is 0 Å². The van der Waals surface area contributed by atoms with Gasteiger partial charge in [-0.1, -0.05) is 20.8 Å². The summed E-state index contributed by atoms with van der Waals surface area (Å²) in [5.41, 5.74) is 0.154. The Balaban J connectivity index is 1.73. The van der Waals surface area contributed by atoms with Crippen LogP contribution in [-0.4, -0.2) is 38.5 Å². The average molecular weight is 283 g/mol. The molecule has 2 saturated heterocycles. The van der Waals surface area contributed by atoms with Crippen molar-refractivity contribution in [1.29, 1.82) is 0 Å². The molecule has 118 valence electrons. The van der Waals surface area contributed by atoms with Crippen molar-refractivity contribution < 1.29 is 9.47 Å². The molecule has 0 aromatic rings. The summed E-state index contributed by atoms with van der Waals surface area (Å²) >= 11 is 0. The largest absolute Gasteiger partial charge is 0.381 e. The molecule has 0 aromatic carbocycles. The summed E-state index contributed by atoms with van der Waals surface area (Å²) in [5.74, 6) is 2.39. The highest BCUT2D eigenvalue weighted by molar-refractivity contribution is 4.90. The molecule has 2 atom stereocenters. The van der Waals surface area contributed by atoms with Crippen molar-refractivity contribution in [2.45, 2.75) is 58.5 Å². The van der Waals surface area contributed by atoms with Crippen molar-refractivity contribution in [1.82, 2.24) is 5.32 Å². The molecule has 0 radical (unpaired) electrons. The number of hydrogen-bond acceptors (Lipinski definition) is 3. The number of hydrogen-bond donors (Lipinski definition) is 1. The quantitative estimate of drug-likeness (QED) is 0.759. The maximum Gasteiger partial charge on any atom is 0.0729 e. The van der Waals surface area contributed by atoms with Gasteiger partial charge in [-0.05, 0) is 62.9 Å². The normalized spacial score (nSPS) is 27.9. The second-order valence-electron chi connectivity index (χ2n) is 7.26. The first-order valence-electron chi connectivity index (χ1n) is 8.54.